The number of nitrogens with zero attached hydrogens (tertiary/aromatic N) is 1. The molecule has 0 heterocycles. The zero-order valence-corrected chi connectivity index (χ0v) is 7.19. The second-order valence-corrected chi connectivity index (χ2v) is 3.31. The van der Waals surface area contributed by atoms with Crippen molar-refractivity contribution in [3.8, 4) is 6.07 Å². The number of aryl methyl sites for hydroxylation is 1. The van der Waals surface area contributed by atoms with E-state index < -0.39 is 0 Å². The maximum atomic E-state index is 8.33. The van der Waals surface area contributed by atoms with Crippen LogP contribution in [0.3, 0.4) is 0 Å². The summed E-state index contributed by atoms with van der Waals surface area (Å²) in [7, 11) is 0. The van der Waals surface area contributed by atoms with Crippen molar-refractivity contribution < 1.29 is 0 Å². The molecule has 0 aromatic heterocycles. The van der Waals surface area contributed by atoms with Gasteiger partial charge in [0.25, 0.3) is 0 Å². The van der Waals surface area contributed by atoms with Crippen LogP contribution in [0.5, 0.6) is 0 Å². The Kier molecular flexibility index (Phi) is 3.00. The fourth-order valence-electron chi connectivity index (χ4n) is 0.821. The van der Waals surface area contributed by atoms with Crippen LogP contribution in [0, 0.1) is 18.3 Å². The predicted molar refractivity (Wildman–Crippen MR) is 47.5 cm³/mol. The summed E-state index contributed by atoms with van der Waals surface area (Å²) in [5.74, 6) is 0.531. The van der Waals surface area contributed by atoms with Gasteiger partial charge in [-0.15, -0.1) is 11.8 Å². The minimum atomic E-state index is 0.531. The molecule has 1 rings (SSSR count). The van der Waals surface area contributed by atoms with E-state index in [4.69, 9.17) is 5.26 Å². The van der Waals surface area contributed by atoms with Gasteiger partial charge in [-0.2, -0.15) is 5.26 Å². The van der Waals surface area contributed by atoms with Crippen molar-refractivity contribution in [3.63, 3.8) is 0 Å². The maximum Gasteiger partial charge on any atom is 0.0855 e. The van der Waals surface area contributed by atoms with Crippen molar-refractivity contribution >= 4 is 11.8 Å². The lowest BCUT2D eigenvalue weighted by molar-refractivity contribution is 1.36. The quantitative estimate of drug-likeness (QED) is 0.626. The van der Waals surface area contributed by atoms with Gasteiger partial charge < -0.3 is 0 Å². The Morgan fingerprint density at radius 2 is 2.36 bits per heavy atom. The van der Waals surface area contributed by atoms with E-state index in [2.05, 4.69) is 25.1 Å². The standard InChI is InChI=1S/C9H9NS/c1-8-3-2-4-9(7-8)11-6-5-10/h2-4,7H,6H2,1H3. The molecule has 0 fully saturated rings. The normalized spacial score (nSPS) is 9.09. The molecule has 0 atom stereocenters. The molecule has 56 valence electrons. The third kappa shape index (κ3) is 2.65. The Morgan fingerprint density at radius 1 is 1.55 bits per heavy atom. The summed E-state index contributed by atoms with van der Waals surface area (Å²) in [5.41, 5.74) is 1.24. The van der Waals surface area contributed by atoms with E-state index in [9.17, 15) is 0 Å². The van der Waals surface area contributed by atoms with E-state index in [1.54, 1.807) is 11.8 Å². The minimum Gasteiger partial charge on any atom is -0.197 e. The monoisotopic (exact) mass is 163 g/mol. The number of benzene rings is 1. The average Bonchev–Trinajstić information content (AvgIpc) is 2.01. The molecule has 0 unspecified atom stereocenters. The zero-order chi connectivity index (χ0) is 8.10. The van der Waals surface area contributed by atoms with E-state index >= 15 is 0 Å². The van der Waals surface area contributed by atoms with E-state index in [1.165, 1.54) is 10.5 Å². The van der Waals surface area contributed by atoms with Crippen LogP contribution in [-0.4, -0.2) is 5.75 Å². The number of hydrogen-bond acceptors (Lipinski definition) is 2. The molecule has 2 heteroatoms. The first-order valence-electron chi connectivity index (χ1n) is 3.39. The molecule has 0 aliphatic carbocycles. The summed E-state index contributed by atoms with van der Waals surface area (Å²) in [6.07, 6.45) is 0. The summed E-state index contributed by atoms with van der Waals surface area (Å²) in [6, 6.07) is 10.3. The van der Waals surface area contributed by atoms with Crippen LogP contribution in [0.2, 0.25) is 0 Å². The molecule has 0 N–H and O–H groups in total. The lowest BCUT2D eigenvalue weighted by Crippen LogP contribution is -1.75. The Labute approximate surface area is 71.0 Å². The van der Waals surface area contributed by atoms with Crippen molar-refractivity contribution in [2.45, 2.75) is 11.8 Å². The minimum absolute atomic E-state index is 0.531. The third-order valence-electron chi connectivity index (χ3n) is 1.29. The molecule has 0 aliphatic heterocycles. The first-order chi connectivity index (χ1) is 5.33. The Balaban J connectivity index is 2.65. The highest BCUT2D eigenvalue weighted by Gasteiger charge is 1.91. The van der Waals surface area contributed by atoms with Gasteiger partial charge in [0.15, 0.2) is 0 Å². The van der Waals surface area contributed by atoms with Crippen LogP contribution in [0.15, 0.2) is 29.2 Å². The van der Waals surface area contributed by atoms with Crippen LogP contribution < -0.4 is 0 Å². The first kappa shape index (κ1) is 8.16. The largest absolute Gasteiger partial charge is 0.197 e. The summed E-state index contributed by atoms with van der Waals surface area (Å²) in [5, 5.41) is 8.33. The molecule has 1 aromatic carbocycles. The molecular formula is C9H9NS. The zero-order valence-electron chi connectivity index (χ0n) is 6.37. The molecule has 0 bridgehead atoms. The van der Waals surface area contributed by atoms with Crippen LogP contribution in [0.25, 0.3) is 0 Å². The fraction of sp³-hybridized carbons (Fsp3) is 0.222. The summed E-state index contributed by atoms with van der Waals surface area (Å²) in [6.45, 7) is 2.05. The van der Waals surface area contributed by atoms with E-state index in [1.807, 2.05) is 12.1 Å². The van der Waals surface area contributed by atoms with Gasteiger partial charge in [0, 0.05) is 4.90 Å². The lowest BCUT2D eigenvalue weighted by atomic mass is 10.2. The second kappa shape index (κ2) is 4.05. The maximum absolute atomic E-state index is 8.33. The molecule has 0 amide bonds. The highest BCUT2D eigenvalue weighted by molar-refractivity contribution is 7.99. The average molecular weight is 163 g/mol. The van der Waals surface area contributed by atoms with E-state index in [-0.39, 0.29) is 0 Å². The van der Waals surface area contributed by atoms with Gasteiger partial charge >= 0.3 is 0 Å². The van der Waals surface area contributed by atoms with Crippen LogP contribution in [-0.2, 0) is 0 Å². The van der Waals surface area contributed by atoms with Gasteiger partial charge in [-0.25, -0.2) is 0 Å². The van der Waals surface area contributed by atoms with Crippen LogP contribution in [0.4, 0.5) is 0 Å². The van der Waals surface area contributed by atoms with Crippen molar-refractivity contribution in [1.82, 2.24) is 0 Å². The molecule has 0 aliphatic rings. The fourth-order valence-corrected chi connectivity index (χ4v) is 1.50. The molecule has 0 radical (unpaired) electrons. The van der Waals surface area contributed by atoms with Crippen molar-refractivity contribution in [2.24, 2.45) is 0 Å². The van der Waals surface area contributed by atoms with Crippen LogP contribution >= 0.6 is 11.8 Å². The topological polar surface area (TPSA) is 23.8 Å². The van der Waals surface area contributed by atoms with Crippen molar-refractivity contribution in [3.05, 3.63) is 29.8 Å². The van der Waals surface area contributed by atoms with Crippen molar-refractivity contribution in [2.75, 3.05) is 5.75 Å². The highest BCUT2D eigenvalue weighted by atomic mass is 32.2. The van der Waals surface area contributed by atoms with Gasteiger partial charge in [0.1, 0.15) is 0 Å². The summed E-state index contributed by atoms with van der Waals surface area (Å²) >= 11 is 1.57. The molecular weight excluding hydrogens is 154 g/mol. The molecule has 0 saturated carbocycles. The summed E-state index contributed by atoms with van der Waals surface area (Å²) in [4.78, 5) is 1.17. The predicted octanol–water partition coefficient (Wildman–Crippen LogP) is 2.61. The number of thioether (sulfide) groups is 1. The van der Waals surface area contributed by atoms with E-state index in [0.717, 1.165) is 0 Å². The molecule has 0 saturated heterocycles. The number of rotatable bonds is 2. The first-order valence-corrected chi connectivity index (χ1v) is 4.38. The van der Waals surface area contributed by atoms with Gasteiger partial charge in [0.05, 0.1) is 11.8 Å². The number of nitriles is 1. The highest BCUT2D eigenvalue weighted by Crippen LogP contribution is 2.17. The molecule has 1 nitrogen and oxygen atoms in total. The van der Waals surface area contributed by atoms with Crippen molar-refractivity contribution in [1.29, 1.82) is 5.26 Å². The number of hydrogen-bond donors (Lipinski definition) is 0. The molecule has 11 heavy (non-hydrogen) atoms. The van der Waals surface area contributed by atoms with Gasteiger partial charge in [-0.1, -0.05) is 17.7 Å². The van der Waals surface area contributed by atoms with Gasteiger partial charge in [0.2, 0.25) is 0 Å². The smallest absolute Gasteiger partial charge is 0.0855 e. The van der Waals surface area contributed by atoms with Gasteiger partial charge in [-0.3, -0.25) is 0 Å². The third-order valence-corrected chi connectivity index (χ3v) is 2.15. The lowest BCUT2D eigenvalue weighted by Gasteiger charge is -1.96. The Hall–Kier alpha value is -0.940. The van der Waals surface area contributed by atoms with Gasteiger partial charge in [-0.05, 0) is 19.1 Å². The Bertz CT molecular complexity index is 275. The molecule has 1 aromatic rings. The summed E-state index contributed by atoms with van der Waals surface area (Å²) < 4.78 is 0. The van der Waals surface area contributed by atoms with Crippen LogP contribution in [0.1, 0.15) is 5.56 Å². The Morgan fingerprint density at radius 3 is 3.00 bits per heavy atom. The van der Waals surface area contributed by atoms with E-state index in [0.29, 0.717) is 5.75 Å². The second-order valence-electron chi connectivity index (χ2n) is 2.26. The SMILES string of the molecule is Cc1cccc(SCC#N)c1. The molecule has 0 spiro atoms.